The second-order valence-electron chi connectivity index (χ2n) is 3.72. The maximum absolute atomic E-state index is 10.9. The van der Waals surface area contributed by atoms with E-state index in [1.807, 2.05) is 0 Å². The third-order valence-corrected chi connectivity index (χ3v) is 2.54. The maximum atomic E-state index is 10.9. The number of rotatable bonds is 5. The number of nitrogens with zero attached hydrogens (tertiary/aromatic N) is 3. The summed E-state index contributed by atoms with van der Waals surface area (Å²) in [5.74, 6) is 4.95. The van der Waals surface area contributed by atoms with Gasteiger partial charge in [-0.1, -0.05) is 0 Å². The molecular weight excluding hydrogens is 242 g/mol. The zero-order valence-corrected chi connectivity index (χ0v) is 9.54. The molecule has 9 heteroatoms. The molecule has 0 amide bonds. The van der Waals surface area contributed by atoms with Crippen LogP contribution in [0.2, 0.25) is 0 Å². The number of nitrogens with two attached hydrogens (primary N) is 1. The molecule has 1 aliphatic rings. The number of ether oxygens (including phenoxy) is 2. The van der Waals surface area contributed by atoms with Gasteiger partial charge in [0.15, 0.2) is 0 Å². The van der Waals surface area contributed by atoms with Crippen molar-refractivity contribution in [2.75, 3.05) is 18.6 Å². The van der Waals surface area contributed by atoms with Gasteiger partial charge in [-0.15, -0.1) is 0 Å². The summed E-state index contributed by atoms with van der Waals surface area (Å²) in [6, 6.07) is 0. The summed E-state index contributed by atoms with van der Waals surface area (Å²) in [6.45, 7) is 0.914. The fourth-order valence-corrected chi connectivity index (χ4v) is 1.69. The van der Waals surface area contributed by atoms with Gasteiger partial charge in [0.25, 0.3) is 5.88 Å². The highest BCUT2D eigenvalue weighted by Gasteiger charge is 2.25. The Hall–Kier alpha value is -2.00. The first-order valence-electron chi connectivity index (χ1n) is 5.42. The summed E-state index contributed by atoms with van der Waals surface area (Å²) in [6.07, 6.45) is 2.94. The second kappa shape index (κ2) is 5.56. The molecule has 2 heterocycles. The van der Waals surface area contributed by atoms with Crippen molar-refractivity contribution in [3.05, 3.63) is 16.4 Å². The number of hydrogen-bond donors (Lipinski definition) is 2. The molecule has 0 radical (unpaired) electrons. The molecule has 0 bridgehead atoms. The minimum Gasteiger partial charge on any atom is -0.470 e. The van der Waals surface area contributed by atoms with Gasteiger partial charge in [-0.05, 0) is 12.8 Å². The third-order valence-electron chi connectivity index (χ3n) is 2.54. The van der Waals surface area contributed by atoms with Crippen molar-refractivity contribution in [1.82, 2.24) is 9.97 Å². The minimum atomic E-state index is -0.639. The maximum Gasteiger partial charge on any atom is 0.374 e. The Kier molecular flexibility index (Phi) is 3.85. The molecule has 0 spiro atoms. The molecule has 3 N–H and O–H groups in total. The van der Waals surface area contributed by atoms with E-state index in [4.69, 9.17) is 15.3 Å². The van der Waals surface area contributed by atoms with E-state index in [1.165, 1.54) is 0 Å². The van der Waals surface area contributed by atoms with Crippen LogP contribution in [0.1, 0.15) is 12.8 Å². The lowest BCUT2D eigenvalue weighted by Crippen LogP contribution is -2.18. The largest absolute Gasteiger partial charge is 0.470 e. The number of hydrogen-bond acceptors (Lipinski definition) is 8. The molecule has 0 aromatic carbocycles. The molecule has 1 atom stereocenters. The number of aromatic nitrogens is 2. The van der Waals surface area contributed by atoms with E-state index in [-0.39, 0.29) is 30.1 Å². The summed E-state index contributed by atoms with van der Waals surface area (Å²) in [5.41, 5.74) is 1.76. The molecule has 1 aromatic rings. The molecule has 0 saturated carbocycles. The first-order chi connectivity index (χ1) is 8.72. The number of hydrazine groups is 1. The second-order valence-corrected chi connectivity index (χ2v) is 3.72. The Balaban J connectivity index is 2.13. The lowest BCUT2D eigenvalue weighted by Gasteiger charge is -2.11. The average Bonchev–Trinajstić information content (AvgIpc) is 2.88. The molecule has 1 unspecified atom stereocenters. The van der Waals surface area contributed by atoms with Gasteiger partial charge in [-0.3, -0.25) is 10.1 Å². The summed E-state index contributed by atoms with van der Waals surface area (Å²) in [5, 5.41) is 10.9. The van der Waals surface area contributed by atoms with E-state index in [0.717, 1.165) is 19.2 Å². The molecule has 0 aliphatic carbocycles. The van der Waals surface area contributed by atoms with Gasteiger partial charge in [-0.2, -0.15) is 4.98 Å². The lowest BCUT2D eigenvalue weighted by molar-refractivity contribution is -0.385. The van der Waals surface area contributed by atoms with Crippen molar-refractivity contribution < 1.29 is 14.4 Å². The van der Waals surface area contributed by atoms with Gasteiger partial charge >= 0.3 is 5.69 Å². The fraction of sp³-hybridized carbons (Fsp3) is 0.556. The lowest BCUT2D eigenvalue weighted by atomic mass is 10.2. The monoisotopic (exact) mass is 255 g/mol. The smallest absolute Gasteiger partial charge is 0.374 e. The van der Waals surface area contributed by atoms with E-state index < -0.39 is 4.92 Å². The Morgan fingerprint density at radius 1 is 1.67 bits per heavy atom. The van der Waals surface area contributed by atoms with Crippen LogP contribution >= 0.6 is 0 Å². The number of nitro groups is 1. The highest BCUT2D eigenvalue weighted by atomic mass is 16.6. The molecule has 1 fully saturated rings. The Morgan fingerprint density at radius 3 is 3.11 bits per heavy atom. The van der Waals surface area contributed by atoms with Gasteiger partial charge in [0.1, 0.15) is 12.9 Å². The minimum absolute atomic E-state index is 0.0474. The Morgan fingerprint density at radius 2 is 2.50 bits per heavy atom. The van der Waals surface area contributed by atoms with Gasteiger partial charge in [0, 0.05) is 6.61 Å². The molecule has 1 aliphatic heterocycles. The van der Waals surface area contributed by atoms with E-state index in [0.29, 0.717) is 6.61 Å². The van der Waals surface area contributed by atoms with Crippen LogP contribution in [0.3, 0.4) is 0 Å². The zero-order valence-electron chi connectivity index (χ0n) is 9.54. The topological polar surface area (TPSA) is 125 Å². The highest BCUT2D eigenvalue weighted by Crippen LogP contribution is 2.30. The van der Waals surface area contributed by atoms with Crippen molar-refractivity contribution in [2.45, 2.75) is 18.9 Å². The fourth-order valence-electron chi connectivity index (χ4n) is 1.69. The third kappa shape index (κ3) is 2.63. The van der Waals surface area contributed by atoms with E-state index >= 15 is 0 Å². The van der Waals surface area contributed by atoms with Crippen molar-refractivity contribution in [3.8, 4) is 5.88 Å². The standard InChI is InChI=1S/C9H13N5O4/c10-13-8-7(14(15)16)9(12-5-11-8)18-4-6-2-1-3-17-6/h5-6H,1-4,10H2,(H,11,12,13). The van der Waals surface area contributed by atoms with Gasteiger partial charge in [0.2, 0.25) is 5.82 Å². The van der Waals surface area contributed by atoms with Crippen molar-refractivity contribution in [2.24, 2.45) is 5.84 Å². The SMILES string of the molecule is NNc1ncnc(OCC2CCCO2)c1[N+](=O)[O-]. The Labute approximate surface area is 102 Å². The highest BCUT2D eigenvalue weighted by molar-refractivity contribution is 5.60. The van der Waals surface area contributed by atoms with Gasteiger partial charge in [-0.25, -0.2) is 10.8 Å². The summed E-state index contributed by atoms with van der Waals surface area (Å²) < 4.78 is 10.7. The molecule has 2 rings (SSSR count). The molecule has 9 nitrogen and oxygen atoms in total. The van der Waals surface area contributed by atoms with Gasteiger partial charge in [0.05, 0.1) is 11.0 Å². The predicted molar refractivity (Wildman–Crippen MR) is 61.0 cm³/mol. The average molecular weight is 255 g/mol. The Bertz CT molecular complexity index is 435. The van der Waals surface area contributed by atoms with E-state index in [2.05, 4.69) is 15.4 Å². The zero-order chi connectivity index (χ0) is 13.0. The van der Waals surface area contributed by atoms with Crippen LogP contribution in [0.5, 0.6) is 5.88 Å². The van der Waals surface area contributed by atoms with Crippen molar-refractivity contribution in [1.29, 1.82) is 0 Å². The first kappa shape index (κ1) is 12.5. The first-order valence-corrected chi connectivity index (χ1v) is 5.42. The number of nitrogen functional groups attached to an aromatic ring is 1. The molecular formula is C9H13N5O4. The van der Waals surface area contributed by atoms with E-state index in [9.17, 15) is 10.1 Å². The molecule has 1 aromatic heterocycles. The van der Waals surface area contributed by atoms with Crippen molar-refractivity contribution in [3.63, 3.8) is 0 Å². The predicted octanol–water partition coefficient (Wildman–Crippen LogP) is 0.228. The van der Waals surface area contributed by atoms with Crippen LogP contribution < -0.4 is 16.0 Å². The van der Waals surface area contributed by atoms with Crippen LogP contribution in [0.4, 0.5) is 11.5 Å². The molecule has 18 heavy (non-hydrogen) atoms. The van der Waals surface area contributed by atoms with Crippen LogP contribution in [-0.2, 0) is 4.74 Å². The van der Waals surface area contributed by atoms with Crippen LogP contribution in [0.25, 0.3) is 0 Å². The molecule has 1 saturated heterocycles. The van der Waals surface area contributed by atoms with Gasteiger partial charge < -0.3 is 14.9 Å². The summed E-state index contributed by atoms with van der Waals surface area (Å²) in [7, 11) is 0. The normalized spacial score (nSPS) is 18.6. The summed E-state index contributed by atoms with van der Waals surface area (Å²) >= 11 is 0. The van der Waals surface area contributed by atoms with Crippen LogP contribution in [-0.4, -0.2) is 34.2 Å². The number of nitrogens with one attached hydrogen (secondary N) is 1. The van der Waals surface area contributed by atoms with Crippen LogP contribution in [0.15, 0.2) is 6.33 Å². The molecule has 98 valence electrons. The summed E-state index contributed by atoms with van der Waals surface area (Å²) in [4.78, 5) is 17.7. The van der Waals surface area contributed by atoms with E-state index in [1.54, 1.807) is 0 Å². The van der Waals surface area contributed by atoms with Crippen LogP contribution in [0, 0.1) is 10.1 Å². The van der Waals surface area contributed by atoms with Crippen molar-refractivity contribution >= 4 is 11.5 Å². The number of anilines is 1. The quantitative estimate of drug-likeness (QED) is 0.435.